The number of nitrogens with one attached hydrogen (secondary N) is 1. The Morgan fingerprint density at radius 3 is 1.89 bits per heavy atom. The summed E-state index contributed by atoms with van der Waals surface area (Å²) in [6.45, 7) is 3.39. The van der Waals surface area contributed by atoms with Crippen molar-refractivity contribution in [3.63, 3.8) is 0 Å². The molecule has 0 saturated carbocycles. The van der Waals surface area contributed by atoms with Crippen molar-refractivity contribution in [1.82, 2.24) is 10.2 Å². The molecule has 44 heavy (non-hydrogen) atoms. The third-order valence-electron chi connectivity index (χ3n) is 7.26. The smallest absolute Gasteiger partial charge is 0.264 e. The first kappa shape index (κ1) is 33.1. The van der Waals surface area contributed by atoms with Crippen LogP contribution in [-0.4, -0.2) is 43.8 Å². The van der Waals surface area contributed by atoms with E-state index in [0.29, 0.717) is 22.2 Å². The largest absolute Gasteiger partial charge is 0.352 e. The van der Waals surface area contributed by atoms with Gasteiger partial charge in [-0.2, -0.15) is 0 Å². The lowest BCUT2D eigenvalue weighted by Crippen LogP contribution is -2.54. The van der Waals surface area contributed by atoms with Gasteiger partial charge in [-0.15, -0.1) is 0 Å². The second-order valence-electron chi connectivity index (χ2n) is 10.5. The van der Waals surface area contributed by atoms with E-state index in [9.17, 15) is 18.0 Å². The maximum Gasteiger partial charge on any atom is 0.264 e. The van der Waals surface area contributed by atoms with Gasteiger partial charge in [0, 0.05) is 29.1 Å². The van der Waals surface area contributed by atoms with Crippen molar-refractivity contribution in [3.05, 3.63) is 130 Å². The maximum atomic E-state index is 14.4. The number of carbonyl (C=O) groups is 2. The number of amides is 2. The van der Waals surface area contributed by atoms with E-state index >= 15 is 0 Å². The Kier molecular flexibility index (Phi) is 11.4. The molecule has 0 aromatic heterocycles. The summed E-state index contributed by atoms with van der Waals surface area (Å²) in [5.74, 6) is -0.862. The molecule has 0 saturated heterocycles. The number of rotatable bonds is 13. The second-order valence-corrected chi connectivity index (χ2v) is 13.2. The first-order valence-corrected chi connectivity index (χ1v) is 16.5. The topological polar surface area (TPSA) is 86.8 Å². The molecule has 4 aromatic carbocycles. The number of sulfonamides is 1. The summed E-state index contributed by atoms with van der Waals surface area (Å²) in [5.41, 5.74) is 1.91. The lowest BCUT2D eigenvalue weighted by molar-refractivity contribution is -0.140. The van der Waals surface area contributed by atoms with Gasteiger partial charge >= 0.3 is 0 Å². The van der Waals surface area contributed by atoms with Crippen LogP contribution < -0.4 is 9.62 Å². The highest BCUT2D eigenvalue weighted by atomic mass is 35.5. The highest BCUT2D eigenvalue weighted by molar-refractivity contribution is 7.92. The highest BCUT2D eigenvalue weighted by Crippen LogP contribution is 2.26. The molecule has 0 unspecified atom stereocenters. The molecule has 1 N–H and O–H groups in total. The Bertz CT molecular complexity index is 1640. The first-order chi connectivity index (χ1) is 21.1. The fourth-order valence-electron chi connectivity index (χ4n) is 4.64. The van der Waals surface area contributed by atoms with Gasteiger partial charge in [0.2, 0.25) is 11.8 Å². The first-order valence-electron chi connectivity index (χ1n) is 14.3. The van der Waals surface area contributed by atoms with Gasteiger partial charge in [-0.25, -0.2) is 8.42 Å². The molecule has 0 bridgehead atoms. The molecule has 0 aliphatic heterocycles. The minimum absolute atomic E-state index is 0.0156. The monoisotopic (exact) mass is 651 g/mol. The summed E-state index contributed by atoms with van der Waals surface area (Å²) in [4.78, 5) is 29.7. The molecule has 4 aromatic rings. The van der Waals surface area contributed by atoms with Gasteiger partial charge in [-0.05, 0) is 73.0 Å². The van der Waals surface area contributed by atoms with Crippen LogP contribution in [-0.2, 0) is 32.6 Å². The van der Waals surface area contributed by atoms with E-state index in [1.807, 2.05) is 44.2 Å². The fraction of sp³-hybridized carbons (Fsp3) is 0.235. The van der Waals surface area contributed by atoms with Gasteiger partial charge in [0.05, 0.1) is 10.6 Å². The zero-order valence-corrected chi connectivity index (χ0v) is 26.9. The molecule has 0 aliphatic rings. The van der Waals surface area contributed by atoms with Gasteiger partial charge in [0.15, 0.2) is 0 Å². The van der Waals surface area contributed by atoms with Crippen LogP contribution in [0.5, 0.6) is 0 Å². The van der Waals surface area contributed by atoms with Crippen LogP contribution >= 0.6 is 23.2 Å². The van der Waals surface area contributed by atoms with Crippen molar-refractivity contribution in [2.75, 3.05) is 10.8 Å². The average Bonchev–Trinajstić information content (AvgIpc) is 3.03. The standard InChI is InChI=1S/C34H35Cl2N3O4S/c1-3-25(2)37-34(41)32(22-26-10-6-4-7-11-26)38(23-27-14-16-28(35)17-15-27)33(40)24-39(30-12-8-5-9-13-30)44(42,43)31-20-18-29(36)19-21-31/h4-21,25,32H,3,22-24H2,1-2H3,(H,37,41)/t25-,32+/m1/s1. The van der Waals surface area contributed by atoms with Crippen LogP contribution in [0, 0.1) is 0 Å². The molecule has 0 radical (unpaired) electrons. The van der Waals surface area contributed by atoms with E-state index in [-0.39, 0.29) is 29.8 Å². The van der Waals surface area contributed by atoms with Crippen LogP contribution in [0.25, 0.3) is 0 Å². The van der Waals surface area contributed by atoms with Crippen LogP contribution in [0.1, 0.15) is 31.4 Å². The minimum atomic E-state index is -4.20. The lowest BCUT2D eigenvalue weighted by Gasteiger charge is -2.34. The molecule has 2 atom stereocenters. The zero-order chi connectivity index (χ0) is 31.7. The van der Waals surface area contributed by atoms with Gasteiger partial charge in [0.1, 0.15) is 12.6 Å². The quantitative estimate of drug-likeness (QED) is 0.173. The van der Waals surface area contributed by atoms with Crippen LogP contribution in [0.2, 0.25) is 10.0 Å². The summed E-state index contributed by atoms with van der Waals surface area (Å²) in [6, 6.07) is 29.6. The predicted molar refractivity (Wildman–Crippen MR) is 176 cm³/mol. The van der Waals surface area contributed by atoms with E-state index in [0.717, 1.165) is 15.4 Å². The number of benzene rings is 4. The summed E-state index contributed by atoms with van der Waals surface area (Å²) in [6.07, 6.45) is 0.938. The highest BCUT2D eigenvalue weighted by Gasteiger charge is 2.35. The minimum Gasteiger partial charge on any atom is -0.352 e. The molecule has 0 spiro atoms. The molecule has 0 heterocycles. The van der Waals surface area contributed by atoms with Gasteiger partial charge in [-0.1, -0.05) is 90.8 Å². The number of anilines is 1. The van der Waals surface area contributed by atoms with E-state index in [1.165, 1.54) is 29.2 Å². The van der Waals surface area contributed by atoms with Crippen molar-refractivity contribution in [2.45, 2.75) is 50.2 Å². The van der Waals surface area contributed by atoms with E-state index in [2.05, 4.69) is 5.32 Å². The van der Waals surface area contributed by atoms with Gasteiger partial charge in [0.25, 0.3) is 10.0 Å². The Morgan fingerprint density at radius 2 is 1.32 bits per heavy atom. The molecule has 0 aliphatic carbocycles. The summed E-state index contributed by atoms with van der Waals surface area (Å²) < 4.78 is 29.1. The van der Waals surface area contributed by atoms with Crippen LogP contribution in [0.15, 0.2) is 114 Å². The molecule has 4 rings (SSSR count). The molecule has 10 heteroatoms. The van der Waals surface area contributed by atoms with Crippen molar-refractivity contribution < 1.29 is 18.0 Å². The summed E-state index contributed by atoms with van der Waals surface area (Å²) in [5, 5.41) is 3.95. The van der Waals surface area contributed by atoms with E-state index < -0.39 is 28.5 Å². The number of carbonyl (C=O) groups excluding carboxylic acids is 2. The molecular formula is C34H35Cl2N3O4S. The van der Waals surface area contributed by atoms with Gasteiger partial charge < -0.3 is 10.2 Å². The van der Waals surface area contributed by atoms with Gasteiger partial charge in [-0.3, -0.25) is 13.9 Å². The van der Waals surface area contributed by atoms with E-state index in [4.69, 9.17) is 23.2 Å². The lowest BCUT2D eigenvalue weighted by atomic mass is 10.0. The molecule has 230 valence electrons. The van der Waals surface area contributed by atoms with Crippen molar-refractivity contribution in [2.24, 2.45) is 0 Å². The second kappa shape index (κ2) is 15.2. The zero-order valence-electron chi connectivity index (χ0n) is 24.6. The number of para-hydroxylation sites is 1. The Morgan fingerprint density at radius 1 is 0.773 bits per heavy atom. The molecule has 2 amide bonds. The third kappa shape index (κ3) is 8.62. The summed E-state index contributed by atoms with van der Waals surface area (Å²) >= 11 is 12.2. The van der Waals surface area contributed by atoms with Crippen LogP contribution in [0.4, 0.5) is 5.69 Å². The Labute approximate surface area is 269 Å². The average molecular weight is 653 g/mol. The number of nitrogens with zero attached hydrogens (tertiary/aromatic N) is 2. The maximum absolute atomic E-state index is 14.4. The van der Waals surface area contributed by atoms with Crippen molar-refractivity contribution in [3.8, 4) is 0 Å². The molecular weight excluding hydrogens is 617 g/mol. The Balaban J connectivity index is 1.78. The fourth-order valence-corrected chi connectivity index (χ4v) is 6.30. The molecule has 7 nitrogen and oxygen atoms in total. The number of hydrogen-bond donors (Lipinski definition) is 1. The summed E-state index contributed by atoms with van der Waals surface area (Å²) in [7, 11) is -4.20. The third-order valence-corrected chi connectivity index (χ3v) is 9.56. The SMILES string of the molecule is CC[C@@H](C)NC(=O)[C@H](Cc1ccccc1)N(Cc1ccc(Cl)cc1)C(=O)CN(c1ccccc1)S(=O)(=O)c1ccc(Cl)cc1. The van der Waals surface area contributed by atoms with Crippen molar-refractivity contribution >= 4 is 50.7 Å². The predicted octanol–water partition coefficient (Wildman–Crippen LogP) is 6.74. The van der Waals surface area contributed by atoms with Crippen molar-refractivity contribution in [1.29, 1.82) is 0 Å². The molecule has 0 fully saturated rings. The van der Waals surface area contributed by atoms with Crippen LogP contribution in [0.3, 0.4) is 0 Å². The Hall–Kier alpha value is -3.85. The normalized spacial score (nSPS) is 12.6. The number of halogens is 2. The van der Waals surface area contributed by atoms with E-state index in [1.54, 1.807) is 54.6 Å². The number of hydrogen-bond acceptors (Lipinski definition) is 4.